The molecule has 1 aromatic heterocycles. The van der Waals surface area contributed by atoms with Gasteiger partial charge in [-0.05, 0) is 50.3 Å². The average molecular weight is 438 g/mol. The van der Waals surface area contributed by atoms with Crippen molar-refractivity contribution in [3.05, 3.63) is 53.7 Å². The number of anilines is 1. The van der Waals surface area contributed by atoms with E-state index in [2.05, 4.69) is 29.0 Å². The van der Waals surface area contributed by atoms with Gasteiger partial charge in [0.05, 0.1) is 31.0 Å². The third-order valence-corrected chi connectivity index (χ3v) is 5.44. The number of nitrogens with zero attached hydrogens (tertiary/aromatic N) is 2. The number of aryl methyl sites for hydroxylation is 1. The molecule has 1 N–H and O–H groups in total. The molecule has 7 heteroatoms. The number of rotatable bonds is 10. The molecule has 0 saturated heterocycles. The van der Waals surface area contributed by atoms with Gasteiger partial charge >= 0.3 is 0 Å². The van der Waals surface area contributed by atoms with Crippen LogP contribution in [0, 0.1) is 6.92 Å². The van der Waals surface area contributed by atoms with Crippen LogP contribution in [0.15, 0.2) is 42.5 Å². The Kier molecular flexibility index (Phi) is 7.89. The third kappa shape index (κ3) is 5.48. The maximum Gasteiger partial charge on any atom is 0.257 e. The van der Waals surface area contributed by atoms with Crippen LogP contribution in [-0.4, -0.2) is 56.3 Å². The van der Waals surface area contributed by atoms with Gasteiger partial charge in [-0.2, -0.15) is 0 Å². The minimum atomic E-state index is -0.230. The Labute approximate surface area is 189 Å². The number of ether oxygens (including phenoxy) is 3. The third-order valence-electron chi connectivity index (χ3n) is 5.44. The number of benzene rings is 2. The maximum atomic E-state index is 13.0. The molecule has 170 valence electrons. The van der Waals surface area contributed by atoms with E-state index < -0.39 is 0 Å². The van der Waals surface area contributed by atoms with Crippen LogP contribution in [0.2, 0.25) is 0 Å². The first-order chi connectivity index (χ1) is 15.5. The summed E-state index contributed by atoms with van der Waals surface area (Å²) in [6, 6.07) is 12.8. The molecule has 7 nitrogen and oxygen atoms in total. The number of likely N-dealkylation sites (N-methyl/N-ethyl adjacent to an activating group) is 1. The first-order valence-electron chi connectivity index (χ1n) is 10.8. The van der Waals surface area contributed by atoms with Crippen molar-refractivity contribution in [2.45, 2.75) is 20.8 Å². The lowest BCUT2D eigenvalue weighted by molar-refractivity contribution is 0.102. The summed E-state index contributed by atoms with van der Waals surface area (Å²) in [6.45, 7) is 9.37. The minimum Gasteiger partial charge on any atom is -0.497 e. The number of pyridine rings is 1. The monoisotopic (exact) mass is 437 g/mol. The number of methoxy groups -OCH3 is 2. The van der Waals surface area contributed by atoms with Gasteiger partial charge in [0.2, 0.25) is 0 Å². The van der Waals surface area contributed by atoms with Gasteiger partial charge in [-0.25, -0.2) is 0 Å². The lowest BCUT2D eigenvalue weighted by Gasteiger charge is -2.19. The molecule has 32 heavy (non-hydrogen) atoms. The molecule has 0 spiro atoms. The molecule has 0 atom stereocenters. The standard InChI is InChI=1S/C25H31N3O4/c1-6-28(7-2)12-13-32-24-15-19(9-11-23(24)31-5)27-25(29)21-14-18-8-10-20(30-4)16-22(18)26-17(21)3/h8-11,14-16H,6-7,12-13H2,1-5H3,(H,27,29). The van der Waals surface area contributed by atoms with E-state index in [4.69, 9.17) is 14.2 Å². The number of fused-ring (bicyclic) bond motifs is 1. The molecule has 0 bridgehead atoms. The molecule has 2 aromatic carbocycles. The molecule has 0 aliphatic carbocycles. The van der Waals surface area contributed by atoms with E-state index in [1.807, 2.05) is 31.2 Å². The van der Waals surface area contributed by atoms with Gasteiger partial charge in [-0.3, -0.25) is 9.78 Å². The lowest BCUT2D eigenvalue weighted by Crippen LogP contribution is -2.28. The largest absolute Gasteiger partial charge is 0.497 e. The summed E-state index contributed by atoms with van der Waals surface area (Å²) in [5.74, 6) is 1.72. The van der Waals surface area contributed by atoms with Gasteiger partial charge in [-0.1, -0.05) is 13.8 Å². The second-order valence-electron chi connectivity index (χ2n) is 7.38. The van der Waals surface area contributed by atoms with Crippen molar-refractivity contribution in [2.24, 2.45) is 0 Å². The molecule has 0 unspecified atom stereocenters. The zero-order valence-corrected chi connectivity index (χ0v) is 19.4. The van der Waals surface area contributed by atoms with Gasteiger partial charge in [0.15, 0.2) is 11.5 Å². The lowest BCUT2D eigenvalue weighted by atomic mass is 10.1. The number of carbonyl (C=O) groups excluding carboxylic acids is 1. The highest BCUT2D eigenvalue weighted by atomic mass is 16.5. The predicted molar refractivity (Wildman–Crippen MR) is 127 cm³/mol. The van der Waals surface area contributed by atoms with Crippen molar-refractivity contribution < 1.29 is 19.0 Å². The van der Waals surface area contributed by atoms with Crippen LogP contribution >= 0.6 is 0 Å². The molecule has 3 aromatic rings. The van der Waals surface area contributed by atoms with E-state index in [0.717, 1.165) is 36.3 Å². The fraction of sp³-hybridized carbons (Fsp3) is 0.360. The Hall–Kier alpha value is -3.32. The Balaban J connectivity index is 1.77. The number of aromatic nitrogens is 1. The van der Waals surface area contributed by atoms with Crippen molar-refractivity contribution in [2.75, 3.05) is 45.8 Å². The SMILES string of the molecule is CCN(CC)CCOc1cc(NC(=O)c2cc3ccc(OC)cc3nc2C)ccc1OC. The number of nitrogens with one attached hydrogen (secondary N) is 1. The van der Waals surface area contributed by atoms with E-state index in [1.54, 1.807) is 32.4 Å². The first-order valence-corrected chi connectivity index (χ1v) is 10.8. The molecule has 1 amide bonds. The van der Waals surface area contributed by atoms with Crippen molar-refractivity contribution in [1.82, 2.24) is 9.88 Å². The van der Waals surface area contributed by atoms with Crippen LogP contribution in [-0.2, 0) is 0 Å². The van der Waals surface area contributed by atoms with Gasteiger partial charge < -0.3 is 24.4 Å². The van der Waals surface area contributed by atoms with E-state index in [0.29, 0.717) is 35.1 Å². The van der Waals surface area contributed by atoms with Crippen molar-refractivity contribution in [1.29, 1.82) is 0 Å². The molecule has 1 heterocycles. The van der Waals surface area contributed by atoms with Gasteiger partial charge in [0.25, 0.3) is 5.91 Å². The summed E-state index contributed by atoms with van der Waals surface area (Å²) >= 11 is 0. The van der Waals surface area contributed by atoms with Crippen LogP contribution in [0.25, 0.3) is 10.9 Å². The van der Waals surface area contributed by atoms with E-state index in [-0.39, 0.29) is 5.91 Å². The zero-order valence-electron chi connectivity index (χ0n) is 19.4. The van der Waals surface area contributed by atoms with E-state index in [1.165, 1.54) is 0 Å². The van der Waals surface area contributed by atoms with Crippen molar-refractivity contribution in [3.63, 3.8) is 0 Å². The Morgan fingerprint density at radius 2 is 1.78 bits per heavy atom. The van der Waals surface area contributed by atoms with Crippen LogP contribution in [0.4, 0.5) is 5.69 Å². The topological polar surface area (TPSA) is 72.9 Å². The summed E-state index contributed by atoms with van der Waals surface area (Å²) in [5, 5.41) is 3.82. The van der Waals surface area contributed by atoms with Gasteiger partial charge in [0.1, 0.15) is 12.4 Å². The fourth-order valence-corrected chi connectivity index (χ4v) is 3.49. The van der Waals surface area contributed by atoms with Crippen LogP contribution in [0.1, 0.15) is 29.9 Å². The highest BCUT2D eigenvalue weighted by Gasteiger charge is 2.14. The minimum absolute atomic E-state index is 0.230. The predicted octanol–water partition coefficient (Wildman–Crippen LogP) is 4.53. The summed E-state index contributed by atoms with van der Waals surface area (Å²) in [5.41, 5.74) is 2.57. The highest BCUT2D eigenvalue weighted by Crippen LogP contribution is 2.31. The zero-order chi connectivity index (χ0) is 23.1. The molecule has 0 fully saturated rings. The molecule has 0 aliphatic rings. The number of amides is 1. The number of hydrogen-bond donors (Lipinski definition) is 1. The second-order valence-corrected chi connectivity index (χ2v) is 7.38. The van der Waals surface area contributed by atoms with Crippen molar-refractivity contribution in [3.8, 4) is 17.2 Å². The maximum absolute atomic E-state index is 13.0. The van der Waals surface area contributed by atoms with Crippen molar-refractivity contribution >= 4 is 22.5 Å². The molecule has 0 radical (unpaired) electrons. The molecule has 3 rings (SSSR count). The molecular weight excluding hydrogens is 406 g/mol. The van der Waals surface area contributed by atoms with Crippen LogP contribution in [0.3, 0.4) is 0 Å². The summed E-state index contributed by atoms with van der Waals surface area (Å²) in [6.07, 6.45) is 0. The Morgan fingerprint density at radius 1 is 1.00 bits per heavy atom. The van der Waals surface area contributed by atoms with Crippen LogP contribution in [0.5, 0.6) is 17.2 Å². The molecule has 0 aliphatic heterocycles. The quantitative estimate of drug-likeness (QED) is 0.502. The average Bonchev–Trinajstić information content (AvgIpc) is 2.81. The van der Waals surface area contributed by atoms with E-state index in [9.17, 15) is 4.79 Å². The Morgan fingerprint density at radius 3 is 2.47 bits per heavy atom. The smallest absolute Gasteiger partial charge is 0.257 e. The van der Waals surface area contributed by atoms with Gasteiger partial charge in [-0.15, -0.1) is 0 Å². The second kappa shape index (κ2) is 10.8. The highest BCUT2D eigenvalue weighted by molar-refractivity contribution is 6.07. The van der Waals surface area contributed by atoms with Crippen LogP contribution < -0.4 is 19.5 Å². The summed E-state index contributed by atoms with van der Waals surface area (Å²) in [7, 11) is 3.22. The molecular formula is C25H31N3O4. The summed E-state index contributed by atoms with van der Waals surface area (Å²) in [4.78, 5) is 19.8. The first kappa shape index (κ1) is 23.3. The van der Waals surface area contributed by atoms with Gasteiger partial charge in [0, 0.05) is 29.8 Å². The van der Waals surface area contributed by atoms with E-state index >= 15 is 0 Å². The molecule has 0 saturated carbocycles. The fourth-order valence-electron chi connectivity index (χ4n) is 3.49. The Bertz CT molecular complexity index is 1080. The summed E-state index contributed by atoms with van der Waals surface area (Å²) < 4.78 is 16.6. The normalized spacial score (nSPS) is 10.9. The number of hydrogen-bond acceptors (Lipinski definition) is 6. The number of carbonyl (C=O) groups is 1.